The third kappa shape index (κ3) is 2.68. The minimum absolute atomic E-state index is 0.218. The molecule has 2 rings (SSSR count). The molecule has 0 atom stereocenters. The van der Waals surface area contributed by atoms with Gasteiger partial charge in [0.1, 0.15) is 10.6 Å². The van der Waals surface area contributed by atoms with Crippen LogP contribution >= 0.6 is 0 Å². The SMILES string of the molecule is COc1ccc(C)cc1S(=O)(=O)N1CCOCC1(C)C. The molecule has 0 spiro atoms. The van der Waals surface area contributed by atoms with E-state index >= 15 is 0 Å². The van der Waals surface area contributed by atoms with E-state index in [1.165, 1.54) is 11.4 Å². The van der Waals surface area contributed by atoms with Gasteiger partial charge in [0.25, 0.3) is 0 Å². The number of rotatable bonds is 3. The van der Waals surface area contributed by atoms with Crippen molar-refractivity contribution in [2.45, 2.75) is 31.2 Å². The van der Waals surface area contributed by atoms with Crippen LogP contribution < -0.4 is 4.74 Å². The van der Waals surface area contributed by atoms with Crippen molar-refractivity contribution in [3.63, 3.8) is 0 Å². The molecule has 1 aliphatic rings. The fraction of sp³-hybridized carbons (Fsp3) is 0.571. The Bertz CT molecular complexity index is 595. The van der Waals surface area contributed by atoms with E-state index in [4.69, 9.17) is 9.47 Å². The van der Waals surface area contributed by atoms with Crippen molar-refractivity contribution < 1.29 is 17.9 Å². The second kappa shape index (κ2) is 5.35. The average molecular weight is 299 g/mol. The molecule has 20 heavy (non-hydrogen) atoms. The van der Waals surface area contributed by atoms with Crippen molar-refractivity contribution in [2.24, 2.45) is 0 Å². The van der Waals surface area contributed by atoms with Crippen molar-refractivity contribution in [2.75, 3.05) is 26.9 Å². The molecule has 1 aromatic rings. The number of ether oxygens (including phenoxy) is 2. The Morgan fingerprint density at radius 3 is 2.65 bits per heavy atom. The van der Waals surface area contributed by atoms with Gasteiger partial charge in [0.15, 0.2) is 0 Å². The largest absolute Gasteiger partial charge is 0.495 e. The molecule has 0 bridgehead atoms. The van der Waals surface area contributed by atoms with Crippen LogP contribution in [0.25, 0.3) is 0 Å². The Morgan fingerprint density at radius 2 is 2.05 bits per heavy atom. The maximum atomic E-state index is 12.9. The summed E-state index contributed by atoms with van der Waals surface area (Å²) in [5.74, 6) is 0.373. The first-order valence-electron chi connectivity index (χ1n) is 6.54. The minimum atomic E-state index is -3.61. The number of nitrogens with zero attached hydrogens (tertiary/aromatic N) is 1. The fourth-order valence-corrected chi connectivity index (χ4v) is 4.39. The molecule has 1 aliphatic heterocycles. The van der Waals surface area contributed by atoms with E-state index in [2.05, 4.69) is 0 Å². The Balaban J connectivity index is 2.52. The number of hydrogen-bond acceptors (Lipinski definition) is 4. The van der Waals surface area contributed by atoms with Crippen LogP contribution in [-0.2, 0) is 14.8 Å². The normalized spacial score (nSPS) is 19.8. The molecule has 0 unspecified atom stereocenters. The number of aryl methyl sites for hydroxylation is 1. The molecule has 1 aromatic carbocycles. The highest BCUT2D eigenvalue weighted by atomic mass is 32.2. The molecule has 1 fully saturated rings. The van der Waals surface area contributed by atoms with E-state index in [1.807, 2.05) is 26.8 Å². The van der Waals surface area contributed by atoms with Crippen LogP contribution in [0.3, 0.4) is 0 Å². The lowest BCUT2D eigenvalue weighted by molar-refractivity contribution is -0.00776. The highest BCUT2D eigenvalue weighted by Gasteiger charge is 2.40. The zero-order valence-corrected chi connectivity index (χ0v) is 13.2. The lowest BCUT2D eigenvalue weighted by Crippen LogP contribution is -2.55. The van der Waals surface area contributed by atoms with E-state index in [0.29, 0.717) is 25.5 Å². The molecule has 0 aliphatic carbocycles. The molecule has 0 saturated carbocycles. The first-order valence-corrected chi connectivity index (χ1v) is 7.98. The molecule has 1 heterocycles. The van der Waals surface area contributed by atoms with E-state index in [-0.39, 0.29) is 4.90 Å². The molecular weight excluding hydrogens is 278 g/mol. The smallest absolute Gasteiger partial charge is 0.247 e. The molecule has 5 nitrogen and oxygen atoms in total. The summed E-state index contributed by atoms with van der Waals surface area (Å²) in [5.41, 5.74) is 0.321. The van der Waals surface area contributed by atoms with Crippen LogP contribution in [-0.4, -0.2) is 45.1 Å². The van der Waals surface area contributed by atoms with Gasteiger partial charge in [-0.3, -0.25) is 0 Å². The number of methoxy groups -OCH3 is 1. The van der Waals surface area contributed by atoms with Gasteiger partial charge in [0, 0.05) is 6.54 Å². The Hall–Kier alpha value is -1.11. The molecule has 112 valence electrons. The van der Waals surface area contributed by atoms with Gasteiger partial charge in [-0.15, -0.1) is 0 Å². The third-order valence-electron chi connectivity index (χ3n) is 3.46. The van der Waals surface area contributed by atoms with Crippen LogP contribution in [0.2, 0.25) is 0 Å². The molecular formula is C14H21NO4S. The van der Waals surface area contributed by atoms with Gasteiger partial charge >= 0.3 is 0 Å². The molecule has 6 heteroatoms. The van der Waals surface area contributed by atoms with Crippen molar-refractivity contribution in [1.29, 1.82) is 0 Å². The molecule has 0 amide bonds. The van der Waals surface area contributed by atoms with E-state index in [1.54, 1.807) is 12.1 Å². The minimum Gasteiger partial charge on any atom is -0.495 e. The van der Waals surface area contributed by atoms with Gasteiger partial charge in [-0.1, -0.05) is 6.07 Å². The van der Waals surface area contributed by atoms with Gasteiger partial charge in [-0.25, -0.2) is 8.42 Å². The summed E-state index contributed by atoms with van der Waals surface area (Å²) in [6.07, 6.45) is 0. The summed E-state index contributed by atoms with van der Waals surface area (Å²) in [4.78, 5) is 0.218. The lowest BCUT2D eigenvalue weighted by Gasteiger charge is -2.40. The topological polar surface area (TPSA) is 55.8 Å². The van der Waals surface area contributed by atoms with Crippen LogP contribution in [0.4, 0.5) is 0 Å². The summed E-state index contributed by atoms with van der Waals surface area (Å²) >= 11 is 0. The quantitative estimate of drug-likeness (QED) is 0.854. The van der Waals surface area contributed by atoms with E-state index in [9.17, 15) is 8.42 Å². The van der Waals surface area contributed by atoms with Crippen molar-refractivity contribution in [3.8, 4) is 5.75 Å². The fourth-order valence-electron chi connectivity index (χ4n) is 2.39. The van der Waals surface area contributed by atoms with Gasteiger partial charge in [0.05, 0.1) is 25.9 Å². The number of hydrogen-bond donors (Lipinski definition) is 0. The van der Waals surface area contributed by atoms with Gasteiger partial charge in [-0.2, -0.15) is 4.31 Å². The molecule has 1 saturated heterocycles. The first kappa shape index (κ1) is 15.3. The second-order valence-electron chi connectivity index (χ2n) is 5.60. The van der Waals surface area contributed by atoms with Crippen molar-refractivity contribution in [1.82, 2.24) is 4.31 Å². The van der Waals surface area contributed by atoms with Crippen LogP contribution in [0, 0.1) is 6.92 Å². The van der Waals surface area contributed by atoms with Crippen LogP contribution in [0.5, 0.6) is 5.75 Å². The number of morpholine rings is 1. The van der Waals surface area contributed by atoms with Crippen molar-refractivity contribution >= 4 is 10.0 Å². The average Bonchev–Trinajstić information content (AvgIpc) is 2.37. The third-order valence-corrected chi connectivity index (χ3v) is 5.59. The summed E-state index contributed by atoms with van der Waals surface area (Å²) in [7, 11) is -2.13. The predicted molar refractivity (Wildman–Crippen MR) is 76.5 cm³/mol. The summed E-state index contributed by atoms with van der Waals surface area (Å²) < 4.78 is 37.9. The van der Waals surface area contributed by atoms with Gasteiger partial charge < -0.3 is 9.47 Å². The number of sulfonamides is 1. The van der Waals surface area contributed by atoms with E-state index in [0.717, 1.165) is 5.56 Å². The first-order chi connectivity index (χ1) is 9.29. The lowest BCUT2D eigenvalue weighted by atomic mass is 10.1. The monoisotopic (exact) mass is 299 g/mol. The molecule has 0 radical (unpaired) electrons. The highest BCUT2D eigenvalue weighted by Crippen LogP contribution is 2.32. The highest BCUT2D eigenvalue weighted by molar-refractivity contribution is 7.89. The second-order valence-corrected chi connectivity index (χ2v) is 7.43. The standard InChI is InChI=1S/C14H21NO4S/c1-11-5-6-12(18-4)13(9-11)20(16,17)15-7-8-19-10-14(15,2)3/h5-6,9H,7-8,10H2,1-4H3. The summed E-state index contributed by atoms with van der Waals surface area (Å²) in [6, 6.07) is 5.18. The van der Waals surface area contributed by atoms with Crippen molar-refractivity contribution in [3.05, 3.63) is 23.8 Å². The van der Waals surface area contributed by atoms with Crippen LogP contribution in [0.1, 0.15) is 19.4 Å². The van der Waals surface area contributed by atoms with E-state index < -0.39 is 15.6 Å². The zero-order valence-electron chi connectivity index (χ0n) is 12.3. The maximum Gasteiger partial charge on any atom is 0.247 e. The van der Waals surface area contributed by atoms with Gasteiger partial charge in [0.2, 0.25) is 10.0 Å². The summed E-state index contributed by atoms with van der Waals surface area (Å²) in [6.45, 7) is 6.75. The molecule has 0 aromatic heterocycles. The predicted octanol–water partition coefficient (Wildman–Crippen LogP) is 1.80. The van der Waals surface area contributed by atoms with Crippen LogP contribution in [0.15, 0.2) is 23.1 Å². The summed E-state index contributed by atoms with van der Waals surface area (Å²) in [5, 5.41) is 0. The molecule has 0 N–H and O–H groups in total. The zero-order chi connectivity index (χ0) is 15.0. The van der Waals surface area contributed by atoms with Gasteiger partial charge in [-0.05, 0) is 38.5 Å². The Morgan fingerprint density at radius 1 is 1.35 bits per heavy atom. The number of benzene rings is 1. The Labute approximate surface area is 120 Å². The Kier molecular flexibility index (Phi) is 4.09. The maximum absolute atomic E-state index is 12.9.